The van der Waals surface area contributed by atoms with Crippen LogP contribution in [0.2, 0.25) is 0 Å². The maximum absolute atomic E-state index is 12.8. The molecule has 8 heteroatoms. The number of ether oxygens (including phenoxy) is 1. The fourth-order valence-electron chi connectivity index (χ4n) is 3.04. The Morgan fingerprint density at radius 3 is 2.73 bits per heavy atom. The first-order valence-electron chi connectivity index (χ1n) is 8.74. The molecule has 1 aliphatic rings. The molecule has 7 nitrogen and oxygen atoms in total. The van der Waals surface area contributed by atoms with Crippen molar-refractivity contribution in [2.75, 3.05) is 12.3 Å². The molecule has 0 radical (unpaired) electrons. The fourth-order valence-corrected chi connectivity index (χ4v) is 4.49. The summed E-state index contributed by atoms with van der Waals surface area (Å²) < 4.78 is 36.4. The Labute approximate surface area is 153 Å². The van der Waals surface area contributed by atoms with Gasteiger partial charge >= 0.3 is 11.3 Å². The molecule has 2 heterocycles. The van der Waals surface area contributed by atoms with Crippen LogP contribution in [0.1, 0.15) is 40.0 Å². The molecule has 2 aromatic rings. The molecule has 0 saturated carbocycles. The highest BCUT2D eigenvalue weighted by Crippen LogP contribution is 2.25. The normalized spacial score (nSPS) is 18.9. The first-order valence-corrected chi connectivity index (χ1v) is 10.4. The third-order valence-corrected chi connectivity index (χ3v) is 5.74. The maximum atomic E-state index is 12.8. The summed E-state index contributed by atoms with van der Waals surface area (Å²) >= 11 is 0. The maximum Gasteiger partial charge on any atom is 0.410 e. The smallest absolute Gasteiger partial charge is 0.410 e. The first-order chi connectivity index (χ1) is 12.2. The van der Waals surface area contributed by atoms with Crippen LogP contribution in [-0.2, 0) is 14.6 Å². The fraction of sp³-hybridized carbons (Fsp3) is 0.556. The number of likely N-dealkylation sites (tertiary alicyclic amines) is 1. The number of piperidine rings is 1. The van der Waals surface area contributed by atoms with Gasteiger partial charge in [-0.15, -0.1) is 0 Å². The van der Waals surface area contributed by atoms with Crippen LogP contribution in [0.4, 0.5) is 4.79 Å². The minimum absolute atomic E-state index is 0.223. The van der Waals surface area contributed by atoms with E-state index in [1.54, 1.807) is 45.0 Å². The molecule has 1 saturated heterocycles. The number of sulfone groups is 1. The van der Waals surface area contributed by atoms with Gasteiger partial charge in [0.25, 0.3) is 0 Å². The molecule has 3 rings (SSSR count). The Morgan fingerprint density at radius 1 is 1.31 bits per heavy atom. The van der Waals surface area contributed by atoms with E-state index in [-0.39, 0.29) is 11.0 Å². The Balaban J connectivity index is 1.81. The highest BCUT2D eigenvalue weighted by Gasteiger charge is 2.35. The summed E-state index contributed by atoms with van der Waals surface area (Å²) in [6.07, 6.45) is 1.83. The number of para-hydroxylation sites is 2. The predicted octanol–water partition coefficient (Wildman–Crippen LogP) is 3.39. The standard InChI is InChI=1S/C18H24N2O5S/c1-18(2,3)25-17(21)20-11-7-6-8-13(20)12-26(22,23)16-19-14-9-4-5-10-15(14)24-16/h4-5,9-10,13H,6-8,11-12H2,1-3H3/t13-/m1/s1. The second kappa shape index (κ2) is 6.90. The predicted molar refractivity (Wildman–Crippen MR) is 96.6 cm³/mol. The summed E-state index contributed by atoms with van der Waals surface area (Å²) in [4.78, 5) is 18.1. The Bertz CT molecular complexity index is 865. The number of carbonyl (C=O) groups is 1. The molecular weight excluding hydrogens is 356 g/mol. The number of fused-ring (bicyclic) bond motifs is 1. The number of hydrogen-bond acceptors (Lipinski definition) is 6. The Kier molecular flexibility index (Phi) is 4.96. The van der Waals surface area contributed by atoms with E-state index in [1.807, 2.05) is 0 Å². The summed E-state index contributed by atoms with van der Waals surface area (Å²) in [5.74, 6) is -0.223. The zero-order chi connectivity index (χ0) is 18.9. The quantitative estimate of drug-likeness (QED) is 0.811. The van der Waals surface area contributed by atoms with Crippen molar-refractivity contribution in [3.05, 3.63) is 24.3 Å². The minimum atomic E-state index is -3.76. The average molecular weight is 380 g/mol. The van der Waals surface area contributed by atoms with Crippen molar-refractivity contribution in [2.45, 2.75) is 56.9 Å². The second-order valence-electron chi connectivity index (χ2n) is 7.55. The van der Waals surface area contributed by atoms with Crippen LogP contribution < -0.4 is 0 Å². The van der Waals surface area contributed by atoms with Crippen LogP contribution in [0, 0.1) is 0 Å². The lowest BCUT2D eigenvalue weighted by molar-refractivity contribution is 0.0124. The molecule has 0 aliphatic carbocycles. The highest BCUT2D eigenvalue weighted by molar-refractivity contribution is 7.91. The van der Waals surface area contributed by atoms with Crippen molar-refractivity contribution in [2.24, 2.45) is 0 Å². The van der Waals surface area contributed by atoms with E-state index in [1.165, 1.54) is 4.90 Å². The average Bonchev–Trinajstić information content (AvgIpc) is 2.98. The Morgan fingerprint density at radius 2 is 2.04 bits per heavy atom. The number of amides is 1. The summed E-state index contributed by atoms with van der Waals surface area (Å²) in [5.41, 5.74) is 0.301. The van der Waals surface area contributed by atoms with Gasteiger partial charge in [-0.3, -0.25) is 0 Å². The molecule has 1 fully saturated rings. The van der Waals surface area contributed by atoms with E-state index in [4.69, 9.17) is 9.15 Å². The van der Waals surface area contributed by atoms with Crippen molar-refractivity contribution in [3.63, 3.8) is 0 Å². The first kappa shape index (κ1) is 18.7. The highest BCUT2D eigenvalue weighted by atomic mass is 32.2. The molecule has 142 valence electrons. The molecule has 0 unspecified atom stereocenters. The van der Waals surface area contributed by atoms with Gasteiger partial charge in [-0.2, -0.15) is 4.98 Å². The van der Waals surface area contributed by atoms with Crippen molar-refractivity contribution in [3.8, 4) is 0 Å². The topological polar surface area (TPSA) is 89.7 Å². The summed E-state index contributed by atoms with van der Waals surface area (Å²) in [6, 6.07) is 6.46. The van der Waals surface area contributed by atoms with Crippen molar-refractivity contribution in [1.29, 1.82) is 0 Å². The largest absolute Gasteiger partial charge is 0.444 e. The van der Waals surface area contributed by atoms with E-state index >= 15 is 0 Å². The molecule has 1 amide bonds. The number of oxazole rings is 1. The van der Waals surface area contributed by atoms with Gasteiger partial charge in [0.05, 0.1) is 5.75 Å². The van der Waals surface area contributed by atoms with Gasteiger partial charge in [-0.25, -0.2) is 13.2 Å². The molecule has 1 aromatic carbocycles. The third-order valence-electron chi connectivity index (χ3n) is 4.21. The second-order valence-corrected chi connectivity index (χ2v) is 9.46. The lowest BCUT2D eigenvalue weighted by atomic mass is 10.0. The zero-order valence-corrected chi connectivity index (χ0v) is 16.1. The SMILES string of the molecule is CC(C)(C)OC(=O)N1CCCC[C@@H]1CS(=O)(=O)c1nc2ccccc2o1. The van der Waals surface area contributed by atoms with Crippen LogP contribution >= 0.6 is 0 Å². The monoisotopic (exact) mass is 380 g/mol. The number of carbonyl (C=O) groups excluding carboxylic acids is 1. The number of benzene rings is 1. The molecule has 0 N–H and O–H groups in total. The van der Waals surface area contributed by atoms with Crippen LogP contribution in [0.3, 0.4) is 0 Å². The summed E-state index contributed by atoms with van der Waals surface area (Å²) in [6.45, 7) is 5.86. The van der Waals surface area contributed by atoms with E-state index in [0.29, 0.717) is 24.1 Å². The number of nitrogens with zero attached hydrogens (tertiary/aromatic N) is 2. The Hall–Kier alpha value is -2.09. The number of aromatic nitrogens is 1. The molecule has 0 bridgehead atoms. The molecule has 0 spiro atoms. The van der Waals surface area contributed by atoms with Crippen molar-refractivity contribution >= 4 is 27.0 Å². The summed E-state index contributed by atoms with van der Waals surface area (Å²) in [7, 11) is -3.76. The van der Waals surface area contributed by atoms with E-state index in [2.05, 4.69) is 4.98 Å². The van der Waals surface area contributed by atoms with Crippen molar-refractivity contribution in [1.82, 2.24) is 9.88 Å². The van der Waals surface area contributed by atoms with Crippen LogP contribution in [0.5, 0.6) is 0 Å². The molecule has 1 aromatic heterocycles. The van der Waals surface area contributed by atoms with Crippen LogP contribution in [0.25, 0.3) is 11.1 Å². The van der Waals surface area contributed by atoms with Crippen molar-refractivity contribution < 1.29 is 22.4 Å². The lowest BCUT2D eigenvalue weighted by Gasteiger charge is -2.36. The lowest BCUT2D eigenvalue weighted by Crippen LogP contribution is -2.48. The van der Waals surface area contributed by atoms with Crippen LogP contribution in [0.15, 0.2) is 33.9 Å². The number of hydrogen-bond donors (Lipinski definition) is 0. The van der Waals surface area contributed by atoms with Gasteiger partial charge in [0.2, 0.25) is 9.84 Å². The van der Waals surface area contributed by atoms with Gasteiger partial charge < -0.3 is 14.1 Å². The van der Waals surface area contributed by atoms with E-state index < -0.39 is 27.6 Å². The van der Waals surface area contributed by atoms with E-state index in [9.17, 15) is 13.2 Å². The summed E-state index contributed by atoms with van der Waals surface area (Å²) in [5, 5.41) is -0.298. The van der Waals surface area contributed by atoms with Gasteiger partial charge in [0.15, 0.2) is 5.58 Å². The molecule has 1 aliphatic heterocycles. The van der Waals surface area contributed by atoms with Gasteiger partial charge in [0, 0.05) is 12.6 Å². The number of rotatable bonds is 3. The minimum Gasteiger partial charge on any atom is -0.444 e. The molecule has 1 atom stereocenters. The van der Waals surface area contributed by atoms with E-state index in [0.717, 1.165) is 12.8 Å². The van der Waals surface area contributed by atoms with Gasteiger partial charge in [-0.05, 0) is 52.2 Å². The van der Waals surface area contributed by atoms with Gasteiger partial charge in [0.1, 0.15) is 11.1 Å². The molecular formula is C18H24N2O5S. The third kappa shape index (κ3) is 4.17. The molecule has 26 heavy (non-hydrogen) atoms. The zero-order valence-electron chi connectivity index (χ0n) is 15.3. The van der Waals surface area contributed by atoms with Crippen LogP contribution in [-0.4, -0.2) is 48.3 Å². The van der Waals surface area contributed by atoms with Gasteiger partial charge in [-0.1, -0.05) is 12.1 Å².